The zero-order chi connectivity index (χ0) is 10.3. The molecule has 3 unspecified atom stereocenters. The maximum atomic E-state index is 11.6. The zero-order valence-electron chi connectivity index (χ0n) is 8.71. The zero-order valence-corrected chi connectivity index (χ0v) is 8.71. The Balaban J connectivity index is 2.18. The number of cyclic esters (lactones) is 2. The molecule has 2 rings (SSSR count). The molecular weight excluding hydrogens is 180 g/mol. The summed E-state index contributed by atoms with van der Waals surface area (Å²) >= 11 is 0. The van der Waals surface area contributed by atoms with E-state index in [9.17, 15) is 9.59 Å². The lowest BCUT2D eigenvalue weighted by Gasteiger charge is -2.36. The molecule has 2 fully saturated rings. The van der Waals surface area contributed by atoms with E-state index >= 15 is 0 Å². The smallest absolute Gasteiger partial charge is 0.320 e. The van der Waals surface area contributed by atoms with Crippen molar-refractivity contribution in [2.24, 2.45) is 17.3 Å². The Labute approximate surface area is 83.8 Å². The van der Waals surface area contributed by atoms with Gasteiger partial charge < -0.3 is 4.74 Å². The molecule has 1 saturated carbocycles. The Morgan fingerprint density at radius 1 is 1.29 bits per heavy atom. The van der Waals surface area contributed by atoms with E-state index in [0.29, 0.717) is 18.3 Å². The average Bonchev–Trinajstić information content (AvgIpc) is 2.36. The van der Waals surface area contributed by atoms with Crippen LogP contribution in [0.5, 0.6) is 0 Å². The number of hydrogen-bond donors (Lipinski definition) is 0. The second-order valence-corrected chi connectivity index (χ2v) is 4.92. The maximum Gasteiger partial charge on any atom is 0.320 e. The molecular formula is C11H16O3. The largest absolute Gasteiger partial charge is 0.393 e. The van der Waals surface area contributed by atoms with Crippen LogP contribution in [0.3, 0.4) is 0 Å². The van der Waals surface area contributed by atoms with Crippen molar-refractivity contribution in [3.63, 3.8) is 0 Å². The third-order valence-electron chi connectivity index (χ3n) is 3.88. The predicted octanol–water partition coefficient (Wildman–Crippen LogP) is 1.90. The van der Waals surface area contributed by atoms with Gasteiger partial charge in [-0.3, -0.25) is 9.59 Å². The van der Waals surface area contributed by atoms with E-state index in [1.165, 1.54) is 0 Å². The second-order valence-electron chi connectivity index (χ2n) is 4.92. The first-order chi connectivity index (χ1) is 6.53. The van der Waals surface area contributed by atoms with Gasteiger partial charge >= 0.3 is 11.9 Å². The minimum atomic E-state index is -0.455. The molecule has 3 heteroatoms. The number of hydrogen-bond acceptors (Lipinski definition) is 3. The molecule has 0 amide bonds. The molecule has 0 aromatic rings. The van der Waals surface area contributed by atoms with Crippen molar-refractivity contribution in [2.45, 2.75) is 39.5 Å². The summed E-state index contributed by atoms with van der Waals surface area (Å²) in [6.07, 6.45) is 2.98. The highest BCUT2D eigenvalue weighted by Gasteiger charge is 2.51. The summed E-state index contributed by atoms with van der Waals surface area (Å²) in [6.45, 7) is 4.36. The third-order valence-corrected chi connectivity index (χ3v) is 3.88. The molecule has 3 nitrogen and oxygen atoms in total. The van der Waals surface area contributed by atoms with E-state index in [1.54, 1.807) is 0 Å². The highest BCUT2D eigenvalue weighted by Crippen LogP contribution is 2.48. The molecule has 1 heterocycles. The minimum Gasteiger partial charge on any atom is -0.393 e. The summed E-state index contributed by atoms with van der Waals surface area (Å²) in [7, 11) is 0. The number of carbonyl (C=O) groups is 2. The fourth-order valence-corrected chi connectivity index (χ4v) is 2.65. The van der Waals surface area contributed by atoms with Crippen LogP contribution < -0.4 is 0 Å². The minimum absolute atomic E-state index is 0.277. The summed E-state index contributed by atoms with van der Waals surface area (Å²) in [5, 5.41) is 0. The van der Waals surface area contributed by atoms with Crippen LogP contribution >= 0.6 is 0 Å². The third kappa shape index (κ3) is 1.35. The second kappa shape index (κ2) is 3.07. The van der Waals surface area contributed by atoms with Gasteiger partial charge in [0, 0.05) is 0 Å². The number of esters is 2. The summed E-state index contributed by atoms with van der Waals surface area (Å²) in [5.41, 5.74) is -0.455. The Kier molecular flexibility index (Phi) is 2.13. The molecule has 1 spiro atoms. The quantitative estimate of drug-likeness (QED) is 0.439. The first-order valence-electron chi connectivity index (χ1n) is 5.29. The van der Waals surface area contributed by atoms with Crippen molar-refractivity contribution >= 4 is 11.9 Å². The average molecular weight is 196 g/mol. The Morgan fingerprint density at radius 2 is 2.00 bits per heavy atom. The Hall–Kier alpha value is -0.860. The number of rotatable bonds is 0. The topological polar surface area (TPSA) is 43.4 Å². The highest BCUT2D eigenvalue weighted by molar-refractivity contribution is 5.97. The van der Waals surface area contributed by atoms with E-state index in [4.69, 9.17) is 0 Å². The van der Waals surface area contributed by atoms with Crippen molar-refractivity contribution in [1.29, 1.82) is 0 Å². The lowest BCUT2D eigenvalue weighted by molar-refractivity contribution is -0.156. The first kappa shape index (κ1) is 9.69. The van der Waals surface area contributed by atoms with Crippen molar-refractivity contribution in [1.82, 2.24) is 0 Å². The fourth-order valence-electron chi connectivity index (χ4n) is 2.65. The number of ether oxygens (including phenoxy) is 1. The highest BCUT2D eigenvalue weighted by atomic mass is 16.6. The summed E-state index contributed by atoms with van der Waals surface area (Å²) in [4.78, 5) is 22.6. The van der Waals surface area contributed by atoms with Crippen LogP contribution in [0.25, 0.3) is 0 Å². The van der Waals surface area contributed by atoms with Crippen molar-refractivity contribution < 1.29 is 14.3 Å². The van der Waals surface area contributed by atoms with Crippen LogP contribution in [0.4, 0.5) is 0 Å². The predicted molar refractivity (Wildman–Crippen MR) is 50.3 cm³/mol. The molecule has 0 aromatic carbocycles. The van der Waals surface area contributed by atoms with Crippen molar-refractivity contribution in [2.75, 3.05) is 0 Å². The molecule has 0 N–H and O–H groups in total. The molecule has 0 bridgehead atoms. The van der Waals surface area contributed by atoms with Crippen LogP contribution in [0, 0.1) is 17.3 Å². The fraction of sp³-hybridized carbons (Fsp3) is 0.818. The maximum absolute atomic E-state index is 11.6. The molecule has 1 aliphatic heterocycles. The Bertz CT molecular complexity index is 284. The van der Waals surface area contributed by atoms with Gasteiger partial charge in [0.25, 0.3) is 0 Å². The lowest BCUT2D eigenvalue weighted by atomic mass is 9.65. The Morgan fingerprint density at radius 3 is 2.50 bits per heavy atom. The standard InChI is InChI=1S/C11H16O3/c1-7-3-4-11(5-8(7)2)6-9(12)14-10(11)13/h7-8H,3-6H2,1-2H3. The number of carbonyl (C=O) groups excluding carboxylic acids is 2. The van der Waals surface area contributed by atoms with Gasteiger partial charge in [-0.1, -0.05) is 13.8 Å². The van der Waals surface area contributed by atoms with Crippen LogP contribution in [0.15, 0.2) is 0 Å². The van der Waals surface area contributed by atoms with Crippen LogP contribution in [-0.2, 0) is 14.3 Å². The summed E-state index contributed by atoms with van der Waals surface area (Å²) in [6, 6.07) is 0. The lowest BCUT2D eigenvalue weighted by Crippen LogP contribution is -2.35. The monoisotopic (exact) mass is 196 g/mol. The van der Waals surface area contributed by atoms with Gasteiger partial charge in [0.1, 0.15) is 0 Å². The van der Waals surface area contributed by atoms with Crippen LogP contribution in [-0.4, -0.2) is 11.9 Å². The first-order valence-corrected chi connectivity index (χ1v) is 5.29. The normalized spacial score (nSPS) is 43.0. The molecule has 0 aromatic heterocycles. The van der Waals surface area contributed by atoms with E-state index in [2.05, 4.69) is 18.6 Å². The summed E-state index contributed by atoms with van der Waals surface area (Å²) in [5.74, 6) is 0.560. The van der Waals surface area contributed by atoms with E-state index < -0.39 is 5.41 Å². The van der Waals surface area contributed by atoms with E-state index in [0.717, 1.165) is 19.3 Å². The molecule has 0 radical (unpaired) electrons. The molecule has 14 heavy (non-hydrogen) atoms. The van der Waals surface area contributed by atoms with Gasteiger partial charge in [-0.2, -0.15) is 0 Å². The SMILES string of the molecule is CC1CCC2(CC(=O)OC2=O)CC1C. The summed E-state index contributed by atoms with van der Waals surface area (Å²) < 4.78 is 4.66. The van der Waals surface area contributed by atoms with Crippen molar-refractivity contribution in [3.05, 3.63) is 0 Å². The molecule has 1 saturated heterocycles. The molecule has 2 aliphatic rings. The molecule has 78 valence electrons. The van der Waals surface area contributed by atoms with Gasteiger partial charge in [-0.05, 0) is 31.1 Å². The molecule has 3 atom stereocenters. The van der Waals surface area contributed by atoms with E-state index in [1.807, 2.05) is 0 Å². The molecule has 1 aliphatic carbocycles. The van der Waals surface area contributed by atoms with Crippen molar-refractivity contribution in [3.8, 4) is 0 Å². The van der Waals surface area contributed by atoms with Gasteiger partial charge in [-0.25, -0.2) is 0 Å². The van der Waals surface area contributed by atoms with Gasteiger partial charge in [0.15, 0.2) is 0 Å². The van der Waals surface area contributed by atoms with Gasteiger partial charge in [0.2, 0.25) is 0 Å². The van der Waals surface area contributed by atoms with Crippen LogP contribution in [0.1, 0.15) is 39.5 Å². The van der Waals surface area contributed by atoms with Gasteiger partial charge in [0.05, 0.1) is 11.8 Å². The van der Waals surface area contributed by atoms with Crippen LogP contribution in [0.2, 0.25) is 0 Å². The van der Waals surface area contributed by atoms with E-state index in [-0.39, 0.29) is 11.9 Å². The van der Waals surface area contributed by atoms with Gasteiger partial charge in [-0.15, -0.1) is 0 Å².